The van der Waals surface area contributed by atoms with Crippen molar-refractivity contribution in [3.05, 3.63) is 24.0 Å². The lowest BCUT2D eigenvalue weighted by Crippen LogP contribution is -2.47. The fraction of sp³-hybridized carbons (Fsp3) is 0.600. The summed E-state index contributed by atoms with van der Waals surface area (Å²) in [5.74, 6) is 0.864. The van der Waals surface area contributed by atoms with E-state index in [4.69, 9.17) is 0 Å². The van der Waals surface area contributed by atoms with Crippen LogP contribution >= 0.6 is 0 Å². The van der Waals surface area contributed by atoms with E-state index in [0.717, 1.165) is 25.4 Å². The minimum absolute atomic E-state index is 0.864. The molecule has 0 atom stereocenters. The van der Waals surface area contributed by atoms with Crippen LogP contribution in [0.1, 0.15) is 5.69 Å². The Hall–Kier alpha value is -0.800. The van der Waals surface area contributed by atoms with Gasteiger partial charge in [0.05, 0.1) is 0 Å². The summed E-state index contributed by atoms with van der Waals surface area (Å²) >= 11 is 0. The molecule has 72 valence electrons. The zero-order valence-electron chi connectivity index (χ0n) is 7.84. The molecule has 0 amide bonds. The third kappa shape index (κ3) is 2.57. The fourth-order valence-corrected chi connectivity index (χ4v) is 1.55. The molecule has 2 heterocycles. The van der Waals surface area contributed by atoms with E-state index in [0.29, 0.717) is 0 Å². The molecular formula is C10H17N3. The van der Waals surface area contributed by atoms with Crippen LogP contribution in [0, 0.1) is 5.92 Å². The van der Waals surface area contributed by atoms with Crippen LogP contribution in [0.4, 0.5) is 0 Å². The standard InChI is InChI=1S/C10H17N3/c1-2-10(13-4-1)3-5-11-6-9-7-12-8-9/h1-2,4,9,11-13H,3,5-8H2. The van der Waals surface area contributed by atoms with Gasteiger partial charge in [0.2, 0.25) is 0 Å². The van der Waals surface area contributed by atoms with E-state index in [-0.39, 0.29) is 0 Å². The van der Waals surface area contributed by atoms with E-state index in [1.807, 2.05) is 12.3 Å². The number of aromatic nitrogens is 1. The summed E-state index contributed by atoms with van der Waals surface area (Å²) < 4.78 is 0. The van der Waals surface area contributed by atoms with Gasteiger partial charge in [-0.05, 0) is 24.5 Å². The van der Waals surface area contributed by atoms with Crippen LogP contribution in [-0.4, -0.2) is 31.2 Å². The van der Waals surface area contributed by atoms with Gasteiger partial charge in [-0.15, -0.1) is 0 Å². The maximum Gasteiger partial charge on any atom is 0.0159 e. The largest absolute Gasteiger partial charge is 0.365 e. The van der Waals surface area contributed by atoms with Gasteiger partial charge in [-0.3, -0.25) is 0 Å². The van der Waals surface area contributed by atoms with Gasteiger partial charge in [0, 0.05) is 38.1 Å². The molecule has 3 nitrogen and oxygen atoms in total. The second-order valence-electron chi connectivity index (χ2n) is 3.67. The van der Waals surface area contributed by atoms with Crippen LogP contribution in [0.3, 0.4) is 0 Å². The molecule has 1 aliphatic heterocycles. The molecule has 13 heavy (non-hydrogen) atoms. The molecule has 1 fully saturated rings. The van der Waals surface area contributed by atoms with Gasteiger partial charge >= 0.3 is 0 Å². The van der Waals surface area contributed by atoms with Crippen LogP contribution in [0.15, 0.2) is 18.3 Å². The molecule has 3 N–H and O–H groups in total. The Morgan fingerprint density at radius 3 is 3.00 bits per heavy atom. The first-order chi connectivity index (χ1) is 6.45. The summed E-state index contributed by atoms with van der Waals surface area (Å²) in [5.41, 5.74) is 1.32. The van der Waals surface area contributed by atoms with E-state index in [9.17, 15) is 0 Å². The van der Waals surface area contributed by atoms with Crippen molar-refractivity contribution in [3.63, 3.8) is 0 Å². The van der Waals surface area contributed by atoms with Crippen molar-refractivity contribution in [2.45, 2.75) is 6.42 Å². The smallest absolute Gasteiger partial charge is 0.0159 e. The normalized spacial score (nSPS) is 17.2. The molecule has 0 aromatic carbocycles. The number of nitrogens with one attached hydrogen (secondary N) is 3. The molecular weight excluding hydrogens is 162 g/mol. The molecule has 1 aromatic heterocycles. The van der Waals surface area contributed by atoms with Crippen LogP contribution < -0.4 is 10.6 Å². The van der Waals surface area contributed by atoms with Gasteiger partial charge in [0.1, 0.15) is 0 Å². The quantitative estimate of drug-likeness (QED) is 0.571. The van der Waals surface area contributed by atoms with Gasteiger partial charge in [-0.25, -0.2) is 0 Å². The SMILES string of the molecule is c1c[nH]c(CCNCC2CNC2)c1. The maximum absolute atomic E-state index is 3.47. The molecule has 0 bridgehead atoms. The van der Waals surface area contributed by atoms with E-state index in [1.165, 1.54) is 18.8 Å². The van der Waals surface area contributed by atoms with Gasteiger partial charge in [0.25, 0.3) is 0 Å². The van der Waals surface area contributed by atoms with E-state index >= 15 is 0 Å². The third-order valence-corrected chi connectivity index (χ3v) is 2.53. The third-order valence-electron chi connectivity index (χ3n) is 2.53. The predicted molar refractivity (Wildman–Crippen MR) is 53.7 cm³/mol. The van der Waals surface area contributed by atoms with Crippen LogP contribution in [-0.2, 0) is 6.42 Å². The zero-order valence-corrected chi connectivity index (χ0v) is 7.84. The van der Waals surface area contributed by atoms with Crippen molar-refractivity contribution in [1.29, 1.82) is 0 Å². The van der Waals surface area contributed by atoms with Crippen molar-refractivity contribution in [1.82, 2.24) is 15.6 Å². The van der Waals surface area contributed by atoms with E-state index in [1.54, 1.807) is 0 Å². The number of hydrogen-bond donors (Lipinski definition) is 3. The summed E-state index contributed by atoms with van der Waals surface area (Å²) in [5, 5.41) is 6.74. The Morgan fingerprint density at radius 1 is 1.46 bits per heavy atom. The molecule has 0 saturated carbocycles. The molecule has 3 heteroatoms. The summed E-state index contributed by atoms with van der Waals surface area (Å²) in [7, 11) is 0. The van der Waals surface area contributed by atoms with Gasteiger partial charge < -0.3 is 15.6 Å². The van der Waals surface area contributed by atoms with Gasteiger partial charge in [-0.1, -0.05) is 0 Å². The highest BCUT2D eigenvalue weighted by Gasteiger charge is 2.14. The molecule has 0 unspecified atom stereocenters. The average Bonchev–Trinajstić information content (AvgIpc) is 2.53. The molecule has 0 aliphatic carbocycles. The maximum atomic E-state index is 3.47. The van der Waals surface area contributed by atoms with Crippen molar-refractivity contribution < 1.29 is 0 Å². The first kappa shape index (κ1) is 8.78. The lowest BCUT2D eigenvalue weighted by atomic mass is 10.0. The van der Waals surface area contributed by atoms with Crippen LogP contribution in [0.5, 0.6) is 0 Å². The van der Waals surface area contributed by atoms with Crippen molar-refractivity contribution in [2.24, 2.45) is 5.92 Å². The minimum atomic E-state index is 0.864. The van der Waals surface area contributed by atoms with Crippen molar-refractivity contribution >= 4 is 0 Å². The summed E-state index contributed by atoms with van der Waals surface area (Å²) in [4.78, 5) is 3.20. The summed E-state index contributed by atoms with van der Waals surface area (Å²) in [6, 6.07) is 4.18. The highest BCUT2D eigenvalue weighted by molar-refractivity contribution is 5.03. The highest BCUT2D eigenvalue weighted by Crippen LogP contribution is 2.00. The summed E-state index contributed by atoms with van der Waals surface area (Å²) in [6.07, 6.45) is 3.08. The lowest BCUT2D eigenvalue weighted by molar-refractivity contribution is 0.332. The van der Waals surface area contributed by atoms with Crippen molar-refractivity contribution in [3.8, 4) is 0 Å². The van der Waals surface area contributed by atoms with Crippen LogP contribution in [0.25, 0.3) is 0 Å². The highest BCUT2D eigenvalue weighted by atomic mass is 15.0. The predicted octanol–water partition coefficient (Wildman–Crippen LogP) is 0.366. The number of rotatable bonds is 5. The number of hydrogen-bond acceptors (Lipinski definition) is 2. The Kier molecular flexibility index (Phi) is 3.00. The van der Waals surface area contributed by atoms with E-state index < -0.39 is 0 Å². The second-order valence-corrected chi connectivity index (χ2v) is 3.67. The Morgan fingerprint density at radius 2 is 2.38 bits per heavy atom. The first-order valence-electron chi connectivity index (χ1n) is 4.99. The van der Waals surface area contributed by atoms with Gasteiger partial charge in [-0.2, -0.15) is 0 Å². The topological polar surface area (TPSA) is 39.9 Å². The number of H-pyrrole nitrogens is 1. The van der Waals surface area contributed by atoms with Gasteiger partial charge in [0.15, 0.2) is 0 Å². The summed E-state index contributed by atoms with van der Waals surface area (Å²) in [6.45, 7) is 4.62. The monoisotopic (exact) mass is 179 g/mol. The molecule has 2 rings (SSSR count). The molecule has 1 aliphatic rings. The average molecular weight is 179 g/mol. The van der Waals surface area contributed by atoms with Crippen molar-refractivity contribution in [2.75, 3.05) is 26.2 Å². The fourth-order valence-electron chi connectivity index (χ4n) is 1.55. The van der Waals surface area contributed by atoms with Crippen LogP contribution in [0.2, 0.25) is 0 Å². The Labute approximate surface area is 78.9 Å². The Balaban J connectivity index is 1.53. The lowest BCUT2D eigenvalue weighted by Gasteiger charge is -2.27. The van der Waals surface area contributed by atoms with E-state index in [2.05, 4.69) is 21.7 Å². The minimum Gasteiger partial charge on any atom is -0.365 e. The zero-order chi connectivity index (χ0) is 8.93. The molecule has 0 spiro atoms. The number of aromatic amines is 1. The molecule has 1 aromatic rings. The molecule has 0 radical (unpaired) electrons. The first-order valence-corrected chi connectivity index (χ1v) is 4.99. The second kappa shape index (κ2) is 4.44. The molecule has 1 saturated heterocycles. The Bertz CT molecular complexity index is 226.